The van der Waals surface area contributed by atoms with Gasteiger partial charge < -0.3 is 14.2 Å². The SMILES string of the molecule is CC(C)N1CCC(Cc2nc(C[C@@H]3CCCO3)no2)CC1. The lowest BCUT2D eigenvalue weighted by Crippen LogP contribution is -2.38. The van der Waals surface area contributed by atoms with Crippen LogP contribution in [0.4, 0.5) is 0 Å². The third-order valence-electron chi connectivity index (χ3n) is 4.79. The summed E-state index contributed by atoms with van der Waals surface area (Å²) in [5, 5.41) is 4.11. The highest BCUT2D eigenvalue weighted by atomic mass is 16.5. The molecule has 2 aliphatic heterocycles. The van der Waals surface area contributed by atoms with Gasteiger partial charge in [-0.05, 0) is 58.5 Å². The number of likely N-dealkylation sites (tertiary alicyclic amines) is 1. The van der Waals surface area contributed by atoms with E-state index in [2.05, 4.69) is 28.9 Å². The molecular weight excluding hydrogens is 266 g/mol. The van der Waals surface area contributed by atoms with Crippen LogP contribution in [0, 0.1) is 5.92 Å². The molecule has 0 saturated carbocycles. The lowest BCUT2D eigenvalue weighted by Gasteiger charge is -2.34. The maximum absolute atomic E-state index is 5.62. The van der Waals surface area contributed by atoms with Gasteiger partial charge in [-0.15, -0.1) is 0 Å². The van der Waals surface area contributed by atoms with Crippen molar-refractivity contribution in [3.63, 3.8) is 0 Å². The van der Waals surface area contributed by atoms with Crippen molar-refractivity contribution in [1.29, 1.82) is 0 Å². The molecule has 0 aromatic carbocycles. The molecule has 1 aromatic rings. The average molecular weight is 293 g/mol. The molecule has 5 heteroatoms. The van der Waals surface area contributed by atoms with Crippen molar-refractivity contribution in [3.8, 4) is 0 Å². The molecule has 1 atom stereocenters. The van der Waals surface area contributed by atoms with E-state index in [0.29, 0.717) is 18.1 Å². The zero-order chi connectivity index (χ0) is 14.7. The van der Waals surface area contributed by atoms with Gasteiger partial charge in [-0.2, -0.15) is 4.98 Å². The minimum absolute atomic E-state index is 0.296. The summed E-state index contributed by atoms with van der Waals surface area (Å²) in [6.07, 6.45) is 6.79. The molecule has 3 heterocycles. The maximum Gasteiger partial charge on any atom is 0.226 e. The van der Waals surface area contributed by atoms with E-state index < -0.39 is 0 Å². The molecule has 2 saturated heterocycles. The molecule has 0 radical (unpaired) electrons. The van der Waals surface area contributed by atoms with Crippen LogP contribution in [0.2, 0.25) is 0 Å². The van der Waals surface area contributed by atoms with Crippen LogP contribution in [0.15, 0.2) is 4.52 Å². The number of hydrogen-bond acceptors (Lipinski definition) is 5. The van der Waals surface area contributed by atoms with Crippen molar-refractivity contribution in [1.82, 2.24) is 15.0 Å². The monoisotopic (exact) mass is 293 g/mol. The molecule has 5 nitrogen and oxygen atoms in total. The van der Waals surface area contributed by atoms with Crippen LogP contribution in [-0.2, 0) is 17.6 Å². The van der Waals surface area contributed by atoms with Crippen LogP contribution in [0.5, 0.6) is 0 Å². The number of rotatable bonds is 5. The van der Waals surface area contributed by atoms with E-state index in [-0.39, 0.29) is 0 Å². The van der Waals surface area contributed by atoms with Gasteiger partial charge in [-0.25, -0.2) is 0 Å². The van der Waals surface area contributed by atoms with Gasteiger partial charge in [0.1, 0.15) is 0 Å². The van der Waals surface area contributed by atoms with Gasteiger partial charge in [-0.1, -0.05) is 5.16 Å². The molecule has 0 spiro atoms. The Morgan fingerprint density at radius 2 is 2.00 bits per heavy atom. The molecule has 2 fully saturated rings. The number of hydrogen-bond donors (Lipinski definition) is 0. The van der Waals surface area contributed by atoms with E-state index >= 15 is 0 Å². The topological polar surface area (TPSA) is 51.4 Å². The first-order valence-corrected chi connectivity index (χ1v) is 8.38. The van der Waals surface area contributed by atoms with Gasteiger partial charge in [-0.3, -0.25) is 0 Å². The van der Waals surface area contributed by atoms with Crippen LogP contribution in [-0.4, -0.2) is 46.9 Å². The number of aromatic nitrogens is 2. The summed E-state index contributed by atoms with van der Waals surface area (Å²) in [6, 6.07) is 0.660. The first-order chi connectivity index (χ1) is 10.2. The summed E-state index contributed by atoms with van der Waals surface area (Å²) in [6.45, 7) is 7.81. The molecule has 0 bridgehead atoms. The molecule has 2 aliphatic rings. The number of piperidine rings is 1. The third kappa shape index (κ3) is 4.04. The van der Waals surface area contributed by atoms with Crippen LogP contribution < -0.4 is 0 Å². The highest BCUT2D eigenvalue weighted by Crippen LogP contribution is 2.23. The van der Waals surface area contributed by atoms with Gasteiger partial charge in [0.25, 0.3) is 0 Å². The van der Waals surface area contributed by atoms with E-state index in [4.69, 9.17) is 9.26 Å². The van der Waals surface area contributed by atoms with Gasteiger partial charge in [0.15, 0.2) is 5.82 Å². The van der Waals surface area contributed by atoms with Crippen molar-refractivity contribution in [3.05, 3.63) is 11.7 Å². The lowest BCUT2D eigenvalue weighted by atomic mass is 9.93. The van der Waals surface area contributed by atoms with E-state index in [1.165, 1.54) is 25.9 Å². The van der Waals surface area contributed by atoms with Gasteiger partial charge in [0, 0.05) is 25.5 Å². The highest BCUT2D eigenvalue weighted by Gasteiger charge is 2.24. The minimum Gasteiger partial charge on any atom is -0.378 e. The Labute approximate surface area is 127 Å². The Hall–Kier alpha value is -0.940. The fourth-order valence-electron chi connectivity index (χ4n) is 3.39. The van der Waals surface area contributed by atoms with Gasteiger partial charge in [0.05, 0.1) is 6.10 Å². The zero-order valence-corrected chi connectivity index (χ0v) is 13.3. The summed E-state index contributed by atoms with van der Waals surface area (Å²) in [5.41, 5.74) is 0. The molecule has 0 unspecified atom stereocenters. The van der Waals surface area contributed by atoms with Crippen molar-refractivity contribution >= 4 is 0 Å². The van der Waals surface area contributed by atoms with Crippen LogP contribution in [0.1, 0.15) is 51.2 Å². The second-order valence-electron chi connectivity index (χ2n) is 6.72. The highest BCUT2D eigenvalue weighted by molar-refractivity contribution is 4.92. The van der Waals surface area contributed by atoms with Crippen molar-refractivity contribution < 1.29 is 9.26 Å². The Balaban J connectivity index is 1.46. The first-order valence-electron chi connectivity index (χ1n) is 8.38. The molecule has 118 valence electrons. The second kappa shape index (κ2) is 6.88. The average Bonchev–Trinajstić information content (AvgIpc) is 3.12. The molecule has 0 amide bonds. The Morgan fingerprint density at radius 1 is 1.19 bits per heavy atom. The summed E-state index contributed by atoms with van der Waals surface area (Å²) < 4.78 is 11.0. The fraction of sp³-hybridized carbons (Fsp3) is 0.875. The number of ether oxygens (including phenoxy) is 1. The number of nitrogens with zero attached hydrogens (tertiary/aromatic N) is 3. The predicted octanol–water partition coefficient (Wildman–Crippen LogP) is 2.45. The van der Waals surface area contributed by atoms with E-state index in [9.17, 15) is 0 Å². The van der Waals surface area contributed by atoms with Crippen molar-refractivity contribution in [2.24, 2.45) is 5.92 Å². The minimum atomic E-state index is 0.296. The molecule has 0 aliphatic carbocycles. The second-order valence-corrected chi connectivity index (χ2v) is 6.72. The zero-order valence-electron chi connectivity index (χ0n) is 13.3. The Morgan fingerprint density at radius 3 is 2.67 bits per heavy atom. The molecule has 0 N–H and O–H groups in total. The fourth-order valence-corrected chi connectivity index (χ4v) is 3.39. The van der Waals surface area contributed by atoms with Gasteiger partial charge in [0.2, 0.25) is 5.89 Å². The molecular formula is C16H27N3O2. The van der Waals surface area contributed by atoms with Crippen LogP contribution >= 0.6 is 0 Å². The first kappa shape index (κ1) is 15.0. The van der Waals surface area contributed by atoms with E-state index in [1.54, 1.807) is 0 Å². The lowest BCUT2D eigenvalue weighted by molar-refractivity contribution is 0.109. The van der Waals surface area contributed by atoms with Crippen molar-refractivity contribution in [2.75, 3.05) is 19.7 Å². The normalized spacial score (nSPS) is 25.0. The van der Waals surface area contributed by atoms with Crippen molar-refractivity contribution in [2.45, 2.75) is 64.5 Å². The molecule has 21 heavy (non-hydrogen) atoms. The quantitative estimate of drug-likeness (QED) is 0.834. The summed E-state index contributed by atoms with van der Waals surface area (Å²) >= 11 is 0. The smallest absolute Gasteiger partial charge is 0.226 e. The largest absolute Gasteiger partial charge is 0.378 e. The molecule has 3 rings (SSSR count). The third-order valence-corrected chi connectivity index (χ3v) is 4.79. The molecule has 1 aromatic heterocycles. The Bertz CT molecular complexity index is 432. The van der Waals surface area contributed by atoms with Crippen LogP contribution in [0.25, 0.3) is 0 Å². The standard InChI is InChI=1S/C16H27N3O2/c1-12(2)19-7-5-13(6-8-19)10-16-17-15(18-21-16)11-14-4-3-9-20-14/h12-14H,3-11H2,1-2H3/t14-/m0/s1. The van der Waals surface area contributed by atoms with Gasteiger partial charge >= 0.3 is 0 Å². The van der Waals surface area contributed by atoms with Crippen LogP contribution in [0.3, 0.4) is 0 Å². The summed E-state index contributed by atoms with van der Waals surface area (Å²) in [7, 11) is 0. The predicted molar refractivity (Wildman–Crippen MR) is 80.1 cm³/mol. The van der Waals surface area contributed by atoms with E-state index in [0.717, 1.165) is 44.0 Å². The summed E-state index contributed by atoms with van der Waals surface area (Å²) in [4.78, 5) is 7.10. The Kier molecular flexibility index (Phi) is 4.91. The maximum atomic E-state index is 5.62. The van der Waals surface area contributed by atoms with E-state index in [1.807, 2.05) is 0 Å². The summed E-state index contributed by atoms with van der Waals surface area (Å²) in [5.74, 6) is 2.32.